The van der Waals surface area contributed by atoms with Crippen LogP contribution in [0.25, 0.3) is 0 Å². The first-order chi connectivity index (χ1) is 10.9. The molecule has 122 valence electrons. The lowest BCUT2D eigenvalue weighted by atomic mass is 10.2. The molecule has 0 saturated heterocycles. The first kappa shape index (κ1) is 17.1. The van der Waals surface area contributed by atoms with Gasteiger partial charge in [0.15, 0.2) is 0 Å². The van der Waals surface area contributed by atoms with Gasteiger partial charge in [0.1, 0.15) is 0 Å². The summed E-state index contributed by atoms with van der Waals surface area (Å²) >= 11 is 0. The Morgan fingerprint density at radius 3 is 2.30 bits per heavy atom. The second kappa shape index (κ2) is 7.34. The Labute approximate surface area is 135 Å². The minimum Gasteiger partial charge on any atom is -0.258 e. The third-order valence-corrected chi connectivity index (χ3v) is 5.35. The Morgan fingerprint density at radius 1 is 1.04 bits per heavy atom. The highest BCUT2D eigenvalue weighted by Gasteiger charge is 2.21. The number of nitro benzene ring substituents is 1. The van der Waals surface area contributed by atoms with Crippen molar-refractivity contribution in [2.75, 3.05) is 12.8 Å². The van der Waals surface area contributed by atoms with Crippen LogP contribution in [-0.4, -0.2) is 30.4 Å². The van der Waals surface area contributed by atoms with E-state index in [2.05, 4.69) is 0 Å². The predicted octanol–water partition coefficient (Wildman–Crippen LogP) is 2.60. The van der Waals surface area contributed by atoms with Crippen molar-refractivity contribution in [1.29, 1.82) is 0 Å². The lowest BCUT2D eigenvalue weighted by molar-refractivity contribution is -0.385. The molecule has 0 bridgehead atoms. The van der Waals surface area contributed by atoms with E-state index in [-0.39, 0.29) is 18.0 Å². The monoisotopic (exact) mass is 334 g/mol. The first-order valence-corrected chi connectivity index (χ1v) is 8.71. The Morgan fingerprint density at radius 2 is 1.65 bits per heavy atom. The molecule has 0 unspecified atom stereocenters. The molecule has 0 atom stereocenters. The third kappa shape index (κ3) is 4.61. The molecule has 23 heavy (non-hydrogen) atoms. The molecule has 0 aliphatic heterocycles. The van der Waals surface area contributed by atoms with Crippen LogP contribution in [-0.2, 0) is 23.0 Å². The number of sulfonamides is 1. The van der Waals surface area contributed by atoms with Gasteiger partial charge in [0.25, 0.3) is 5.69 Å². The topological polar surface area (TPSA) is 80.5 Å². The van der Waals surface area contributed by atoms with E-state index < -0.39 is 14.9 Å². The summed E-state index contributed by atoms with van der Waals surface area (Å²) in [6, 6.07) is 15.5. The summed E-state index contributed by atoms with van der Waals surface area (Å²) in [6.45, 7) is -0.0196. The van der Waals surface area contributed by atoms with Crippen LogP contribution in [0, 0.1) is 10.1 Å². The summed E-state index contributed by atoms with van der Waals surface area (Å²) in [5.74, 6) is -0.0336. The van der Waals surface area contributed by atoms with E-state index in [1.165, 1.54) is 13.1 Å². The largest absolute Gasteiger partial charge is 0.273 e. The molecular formula is C16H18N2O4S. The third-order valence-electron chi connectivity index (χ3n) is 3.55. The van der Waals surface area contributed by atoms with Crippen molar-refractivity contribution in [2.24, 2.45) is 0 Å². The molecule has 0 aliphatic rings. The zero-order valence-corrected chi connectivity index (χ0v) is 13.6. The quantitative estimate of drug-likeness (QED) is 0.576. The van der Waals surface area contributed by atoms with E-state index in [0.29, 0.717) is 12.0 Å². The highest BCUT2D eigenvalue weighted by Crippen LogP contribution is 2.20. The minimum atomic E-state index is -3.49. The van der Waals surface area contributed by atoms with Crippen molar-refractivity contribution in [1.82, 2.24) is 4.31 Å². The summed E-state index contributed by atoms with van der Waals surface area (Å²) in [5.41, 5.74) is 1.25. The molecule has 0 aliphatic carbocycles. The van der Waals surface area contributed by atoms with Gasteiger partial charge in [-0.3, -0.25) is 10.1 Å². The Balaban J connectivity index is 2.07. The van der Waals surface area contributed by atoms with Crippen LogP contribution in [0.4, 0.5) is 5.69 Å². The molecule has 0 radical (unpaired) electrons. The minimum absolute atomic E-state index is 0.0196. The number of benzene rings is 2. The van der Waals surface area contributed by atoms with Crippen molar-refractivity contribution in [2.45, 2.75) is 13.0 Å². The molecule has 2 rings (SSSR count). The number of rotatable bonds is 7. The zero-order valence-electron chi connectivity index (χ0n) is 12.8. The van der Waals surface area contributed by atoms with Gasteiger partial charge in [-0.1, -0.05) is 48.5 Å². The van der Waals surface area contributed by atoms with Crippen LogP contribution in [0.1, 0.15) is 11.1 Å². The van der Waals surface area contributed by atoms with Gasteiger partial charge in [0, 0.05) is 25.2 Å². The summed E-state index contributed by atoms with van der Waals surface area (Å²) in [5, 5.41) is 11.0. The molecule has 0 amide bonds. The van der Waals surface area contributed by atoms with Gasteiger partial charge >= 0.3 is 0 Å². The van der Waals surface area contributed by atoms with Gasteiger partial charge in [-0.05, 0) is 12.0 Å². The van der Waals surface area contributed by atoms with E-state index in [4.69, 9.17) is 0 Å². The Kier molecular flexibility index (Phi) is 5.46. The normalized spacial score (nSPS) is 11.6. The number of nitro groups is 1. The predicted molar refractivity (Wildman–Crippen MR) is 88.5 cm³/mol. The number of para-hydroxylation sites is 1. The molecule has 0 spiro atoms. The van der Waals surface area contributed by atoms with E-state index in [9.17, 15) is 18.5 Å². The fourth-order valence-corrected chi connectivity index (χ4v) is 3.35. The molecule has 7 heteroatoms. The van der Waals surface area contributed by atoms with Crippen LogP contribution < -0.4 is 0 Å². The van der Waals surface area contributed by atoms with E-state index in [0.717, 1.165) is 9.87 Å². The van der Waals surface area contributed by atoms with Gasteiger partial charge in [-0.25, -0.2) is 12.7 Å². The number of nitrogens with zero attached hydrogens (tertiary/aromatic N) is 2. The van der Waals surface area contributed by atoms with Crippen molar-refractivity contribution < 1.29 is 13.3 Å². The number of hydrogen-bond acceptors (Lipinski definition) is 4. The fourth-order valence-electron chi connectivity index (χ4n) is 2.21. The van der Waals surface area contributed by atoms with E-state index in [1.807, 2.05) is 30.3 Å². The molecule has 2 aromatic rings. The van der Waals surface area contributed by atoms with Gasteiger partial charge in [-0.15, -0.1) is 0 Å². The SMILES string of the molecule is CN(Cc1ccccc1[N+](=O)[O-])S(=O)(=O)CCc1ccccc1. The molecule has 0 fully saturated rings. The summed E-state index contributed by atoms with van der Waals surface area (Å²) in [7, 11) is -2.05. The molecule has 6 nitrogen and oxygen atoms in total. The van der Waals surface area contributed by atoms with Gasteiger partial charge in [-0.2, -0.15) is 0 Å². The van der Waals surface area contributed by atoms with Gasteiger partial charge in [0.2, 0.25) is 10.0 Å². The number of aryl methyl sites for hydroxylation is 1. The van der Waals surface area contributed by atoms with E-state index >= 15 is 0 Å². The maximum atomic E-state index is 12.3. The summed E-state index contributed by atoms with van der Waals surface area (Å²) in [6.07, 6.45) is 0.407. The standard InChI is InChI=1S/C16H18N2O4S/c1-17(13-15-9-5-6-10-16(15)18(19)20)23(21,22)12-11-14-7-3-2-4-8-14/h2-10H,11-13H2,1H3. The first-order valence-electron chi connectivity index (χ1n) is 7.10. The smallest absolute Gasteiger partial charge is 0.258 e. The number of hydrogen-bond donors (Lipinski definition) is 0. The lowest BCUT2D eigenvalue weighted by Crippen LogP contribution is -2.29. The second-order valence-corrected chi connectivity index (χ2v) is 7.39. The maximum Gasteiger partial charge on any atom is 0.273 e. The van der Waals surface area contributed by atoms with Crippen molar-refractivity contribution in [3.8, 4) is 0 Å². The summed E-state index contributed by atoms with van der Waals surface area (Å²) < 4.78 is 25.9. The fraction of sp³-hybridized carbons (Fsp3) is 0.250. The van der Waals surface area contributed by atoms with Crippen LogP contribution in [0.3, 0.4) is 0 Å². The van der Waals surface area contributed by atoms with Gasteiger partial charge in [0.05, 0.1) is 10.7 Å². The maximum absolute atomic E-state index is 12.3. The lowest BCUT2D eigenvalue weighted by Gasteiger charge is -2.17. The molecule has 0 saturated carbocycles. The molecule has 2 aromatic carbocycles. The molecular weight excluding hydrogens is 316 g/mol. The van der Waals surface area contributed by atoms with Crippen molar-refractivity contribution in [3.05, 3.63) is 75.8 Å². The van der Waals surface area contributed by atoms with Crippen molar-refractivity contribution >= 4 is 15.7 Å². The molecule has 0 aromatic heterocycles. The average Bonchev–Trinajstić information content (AvgIpc) is 2.54. The highest BCUT2D eigenvalue weighted by molar-refractivity contribution is 7.89. The molecule has 0 N–H and O–H groups in total. The van der Waals surface area contributed by atoms with Crippen molar-refractivity contribution in [3.63, 3.8) is 0 Å². The Hall–Kier alpha value is -2.25. The zero-order chi connectivity index (χ0) is 16.9. The average molecular weight is 334 g/mol. The van der Waals surface area contributed by atoms with Crippen LogP contribution in [0.2, 0.25) is 0 Å². The van der Waals surface area contributed by atoms with Crippen LogP contribution >= 0.6 is 0 Å². The summed E-state index contributed by atoms with van der Waals surface area (Å²) in [4.78, 5) is 10.5. The van der Waals surface area contributed by atoms with Gasteiger partial charge < -0.3 is 0 Å². The second-order valence-electron chi connectivity index (χ2n) is 5.19. The Bertz CT molecular complexity index is 776. The van der Waals surface area contributed by atoms with Crippen LogP contribution in [0.15, 0.2) is 54.6 Å². The highest BCUT2D eigenvalue weighted by atomic mass is 32.2. The van der Waals surface area contributed by atoms with Crippen LogP contribution in [0.5, 0.6) is 0 Å². The molecule has 0 heterocycles. The van der Waals surface area contributed by atoms with E-state index in [1.54, 1.807) is 18.2 Å².